The maximum atomic E-state index is 13.1. The molecule has 1 saturated carbocycles. The van der Waals surface area contributed by atoms with Crippen molar-refractivity contribution in [1.29, 1.82) is 0 Å². The average Bonchev–Trinajstić information content (AvgIpc) is 2.82. The van der Waals surface area contributed by atoms with Crippen molar-refractivity contribution in [1.82, 2.24) is 15.5 Å². The number of amides is 4. The molecule has 0 bridgehead atoms. The van der Waals surface area contributed by atoms with E-state index in [2.05, 4.69) is 31.4 Å². The minimum absolute atomic E-state index is 0.0345. The van der Waals surface area contributed by atoms with Gasteiger partial charge in [0.15, 0.2) is 0 Å². The monoisotopic (exact) mass is 387 g/mol. The summed E-state index contributed by atoms with van der Waals surface area (Å²) in [4.78, 5) is 38.9. The predicted molar refractivity (Wildman–Crippen MR) is 105 cm³/mol. The molecule has 1 aromatic rings. The van der Waals surface area contributed by atoms with Gasteiger partial charge in [-0.3, -0.25) is 14.5 Å². The highest BCUT2D eigenvalue weighted by molar-refractivity contribution is 6.09. The van der Waals surface area contributed by atoms with Crippen molar-refractivity contribution >= 4 is 17.8 Å². The van der Waals surface area contributed by atoms with E-state index >= 15 is 0 Å². The van der Waals surface area contributed by atoms with Crippen LogP contribution in [0, 0.1) is 11.3 Å². The molecule has 0 radical (unpaired) electrons. The van der Waals surface area contributed by atoms with Crippen LogP contribution in [0.25, 0.3) is 0 Å². The summed E-state index contributed by atoms with van der Waals surface area (Å²) in [5, 5.41) is 5.66. The van der Waals surface area contributed by atoms with Gasteiger partial charge in [0.05, 0.1) is 7.11 Å². The van der Waals surface area contributed by atoms with Gasteiger partial charge >= 0.3 is 6.03 Å². The summed E-state index contributed by atoms with van der Waals surface area (Å²) in [7, 11) is 1.59. The second kappa shape index (κ2) is 7.45. The lowest BCUT2D eigenvalue weighted by molar-refractivity contribution is -0.137. The molecule has 1 spiro atoms. The van der Waals surface area contributed by atoms with Gasteiger partial charge in [0.1, 0.15) is 17.8 Å². The van der Waals surface area contributed by atoms with E-state index in [1.807, 2.05) is 24.3 Å². The van der Waals surface area contributed by atoms with E-state index in [0.29, 0.717) is 25.3 Å². The first-order valence-corrected chi connectivity index (χ1v) is 9.68. The Morgan fingerprint density at radius 2 is 1.93 bits per heavy atom. The number of nitrogens with zero attached hydrogens (tertiary/aromatic N) is 1. The highest BCUT2D eigenvalue weighted by Gasteiger charge is 2.56. The Morgan fingerprint density at radius 1 is 1.25 bits per heavy atom. The van der Waals surface area contributed by atoms with Crippen molar-refractivity contribution in [3.05, 3.63) is 29.8 Å². The molecule has 2 aliphatic rings. The van der Waals surface area contributed by atoms with Crippen molar-refractivity contribution < 1.29 is 19.1 Å². The average molecular weight is 387 g/mol. The van der Waals surface area contributed by atoms with E-state index in [4.69, 9.17) is 4.74 Å². The van der Waals surface area contributed by atoms with E-state index < -0.39 is 11.6 Å². The molecular formula is C21H29N3O4. The summed E-state index contributed by atoms with van der Waals surface area (Å²) in [5.41, 5.74) is -0.00689. The van der Waals surface area contributed by atoms with Gasteiger partial charge < -0.3 is 15.4 Å². The molecule has 1 aliphatic carbocycles. The fourth-order valence-corrected chi connectivity index (χ4v) is 4.79. The van der Waals surface area contributed by atoms with E-state index in [0.717, 1.165) is 22.6 Å². The van der Waals surface area contributed by atoms with Crippen molar-refractivity contribution in [3.8, 4) is 5.75 Å². The number of benzene rings is 1. The number of methoxy groups -OCH3 is 1. The van der Waals surface area contributed by atoms with Crippen molar-refractivity contribution in [2.24, 2.45) is 11.3 Å². The smallest absolute Gasteiger partial charge is 0.325 e. The van der Waals surface area contributed by atoms with Gasteiger partial charge in [-0.1, -0.05) is 32.9 Å². The molecule has 28 heavy (non-hydrogen) atoms. The quantitative estimate of drug-likeness (QED) is 0.760. The molecule has 7 nitrogen and oxygen atoms in total. The van der Waals surface area contributed by atoms with Gasteiger partial charge in [-0.25, -0.2) is 4.79 Å². The van der Waals surface area contributed by atoms with Gasteiger partial charge in [0.25, 0.3) is 5.91 Å². The van der Waals surface area contributed by atoms with E-state index in [-0.39, 0.29) is 23.8 Å². The van der Waals surface area contributed by atoms with Gasteiger partial charge in [0.2, 0.25) is 5.91 Å². The number of imide groups is 1. The van der Waals surface area contributed by atoms with Crippen LogP contribution in [0.3, 0.4) is 0 Å². The third-order valence-electron chi connectivity index (χ3n) is 5.57. The summed E-state index contributed by atoms with van der Waals surface area (Å²) in [6, 6.07) is 6.86. The summed E-state index contributed by atoms with van der Waals surface area (Å²) in [5.74, 6) is 0.428. The number of carbonyl (C=O) groups excluding carboxylic acids is 3. The van der Waals surface area contributed by atoms with Gasteiger partial charge in [-0.2, -0.15) is 0 Å². The third kappa shape index (κ3) is 4.13. The normalized spacial score (nSPS) is 26.3. The molecule has 2 N–H and O–H groups in total. The van der Waals surface area contributed by atoms with E-state index in [1.165, 1.54) is 0 Å². The van der Waals surface area contributed by atoms with E-state index in [9.17, 15) is 14.4 Å². The van der Waals surface area contributed by atoms with Crippen molar-refractivity contribution in [2.75, 3.05) is 13.7 Å². The summed E-state index contributed by atoms with van der Waals surface area (Å²) >= 11 is 0. The van der Waals surface area contributed by atoms with Crippen LogP contribution < -0.4 is 15.4 Å². The van der Waals surface area contributed by atoms with Crippen LogP contribution >= 0.6 is 0 Å². The third-order valence-corrected chi connectivity index (χ3v) is 5.57. The number of nitrogens with one attached hydrogen (secondary N) is 2. The summed E-state index contributed by atoms with van der Waals surface area (Å²) in [6.07, 6.45) is 2.23. The molecule has 2 fully saturated rings. The first kappa shape index (κ1) is 20.2. The molecule has 1 heterocycles. The Labute approximate surface area is 165 Å². The highest BCUT2D eigenvalue weighted by atomic mass is 16.5. The number of hydrogen-bond acceptors (Lipinski definition) is 4. The van der Waals surface area contributed by atoms with Crippen LogP contribution in [-0.2, 0) is 16.1 Å². The fraction of sp³-hybridized carbons (Fsp3) is 0.571. The zero-order chi connectivity index (χ0) is 20.5. The molecule has 1 aliphatic heterocycles. The maximum absolute atomic E-state index is 13.1. The van der Waals surface area contributed by atoms with Gasteiger partial charge in [-0.15, -0.1) is 0 Å². The molecule has 4 amide bonds. The van der Waals surface area contributed by atoms with Crippen LogP contribution in [0.15, 0.2) is 24.3 Å². The zero-order valence-corrected chi connectivity index (χ0v) is 17.0. The van der Waals surface area contributed by atoms with E-state index in [1.54, 1.807) is 7.11 Å². The van der Waals surface area contributed by atoms with Gasteiger partial charge in [0, 0.05) is 6.54 Å². The van der Waals surface area contributed by atoms with Crippen LogP contribution in [-0.4, -0.2) is 41.9 Å². The number of ether oxygens (including phenoxy) is 1. The highest BCUT2D eigenvalue weighted by Crippen LogP contribution is 2.46. The molecule has 152 valence electrons. The first-order chi connectivity index (χ1) is 13.1. The Morgan fingerprint density at radius 3 is 2.54 bits per heavy atom. The second-order valence-electron chi connectivity index (χ2n) is 8.88. The lowest BCUT2D eigenvalue weighted by Crippen LogP contribution is -2.54. The van der Waals surface area contributed by atoms with Crippen LogP contribution in [0.4, 0.5) is 4.79 Å². The zero-order valence-electron chi connectivity index (χ0n) is 17.0. The molecule has 0 unspecified atom stereocenters. The Balaban J connectivity index is 1.61. The van der Waals surface area contributed by atoms with Crippen LogP contribution in [0.2, 0.25) is 0 Å². The lowest BCUT2D eigenvalue weighted by atomic mass is 9.64. The number of urea groups is 1. The minimum atomic E-state index is -0.880. The molecule has 7 heteroatoms. The van der Waals surface area contributed by atoms with Gasteiger partial charge in [-0.05, 0) is 48.3 Å². The van der Waals surface area contributed by atoms with Crippen LogP contribution in [0.1, 0.15) is 45.6 Å². The molecule has 2 atom stereocenters. The SMILES string of the molecule is COc1ccc(CNC(=O)CN2C(=O)N[C@]3(C[C@H](C)CC(C)(C)C3)C2=O)cc1. The fourth-order valence-electron chi connectivity index (χ4n) is 4.79. The summed E-state index contributed by atoms with van der Waals surface area (Å²) in [6.45, 7) is 6.40. The van der Waals surface area contributed by atoms with Crippen molar-refractivity contribution in [3.63, 3.8) is 0 Å². The predicted octanol–water partition coefficient (Wildman–Crippen LogP) is 2.45. The standard InChI is InChI=1S/C21H29N3O4/c1-14-9-20(2,3)13-21(10-14)18(26)24(19(27)23-21)12-17(25)22-11-15-5-7-16(28-4)8-6-15/h5-8,14H,9-13H2,1-4H3,(H,22,25)(H,23,27)/t14-,21+/m1/s1. The van der Waals surface area contributed by atoms with Crippen LogP contribution in [0.5, 0.6) is 5.75 Å². The molecule has 1 saturated heterocycles. The van der Waals surface area contributed by atoms with Crippen molar-refractivity contribution in [2.45, 2.75) is 52.1 Å². The second-order valence-corrected chi connectivity index (χ2v) is 8.88. The molecule has 0 aromatic heterocycles. The number of carbonyl (C=O) groups is 3. The Kier molecular flexibility index (Phi) is 5.37. The summed E-state index contributed by atoms with van der Waals surface area (Å²) < 4.78 is 5.11. The maximum Gasteiger partial charge on any atom is 0.325 e. The minimum Gasteiger partial charge on any atom is -0.497 e. The molecular weight excluding hydrogens is 358 g/mol. The number of rotatable bonds is 5. The molecule has 1 aromatic carbocycles. The number of hydrogen-bond donors (Lipinski definition) is 2. The lowest BCUT2D eigenvalue weighted by Gasteiger charge is -2.43. The largest absolute Gasteiger partial charge is 0.497 e. The Hall–Kier alpha value is -2.57. The first-order valence-electron chi connectivity index (χ1n) is 9.68. The topological polar surface area (TPSA) is 87.7 Å². The Bertz CT molecular complexity index is 774. The molecule has 3 rings (SSSR count).